The molecule has 0 spiro atoms. The third-order valence-corrected chi connectivity index (χ3v) is 3.00. The largest absolute Gasteiger partial charge is 0.247 e. The van der Waals surface area contributed by atoms with Crippen molar-refractivity contribution in [3.63, 3.8) is 0 Å². The van der Waals surface area contributed by atoms with E-state index in [0.717, 1.165) is 18.2 Å². The molecule has 1 aromatic carbocycles. The lowest BCUT2D eigenvalue weighted by Crippen LogP contribution is -2.25. The maximum atomic E-state index is 13.1. The zero-order chi connectivity index (χ0) is 11.5. The standard InChI is InChI=1S/C9H7F2NO2S/c1-2-6-12-15(13,14)9-7(10)4-3-5-8(9)11/h1,3-5,12H,6H2. The summed E-state index contributed by atoms with van der Waals surface area (Å²) in [5.74, 6) is -0.309. The van der Waals surface area contributed by atoms with E-state index in [0.29, 0.717) is 0 Å². The summed E-state index contributed by atoms with van der Waals surface area (Å²) in [6, 6.07) is 2.78. The van der Waals surface area contributed by atoms with E-state index >= 15 is 0 Å². The van der Waals surface area contributed by atoms with Crippen LogP contribution >= 0.6 is 0 Å². The average molecular weight is 231 g/mol. The van der Waals surface area contributed by atoms with Crippen molar-refractivity contribution >= 4 is 10.0 Å². The molecule has 0 bridgehead atoms. The summed E-state index contributed by atoms with van der Waals surface area (Å²) in [5, 5.41) is 0. The van der Waals surface area contributed by atoms with Gasteiger partial charge in [-0.3, -0.25) is 0 Å². The van der Waals surface area contributed by atoms with Crippen molar-refractivity contribution in [3.8, 4) is 12.3 Å². The summed E-state index contributed by atoms with van der Waals surface area (Å²) in [7, 11) is -4.23. The Morgan fingerprint density at radius 3 is 2.33 bits per heavy atom. The van der Waals surface area contributed by atoms with Gasteiger partial charge in [0.25, 0.3) is 0 Å². The Kier molecular flexibility index (Phi) is 3.39. The number of rotatable bonds is 3. The van der Waals surface area contributed by atoms with Gasteiger partial charge in [0.2, 0.25) is 10.0 Å². The van der Waals surface area contributed by atoms with Gasteiger partial charge in [-0.1, -0.05) is 12.0 Å². The van der Waals surface area contributed by atoms with Crippen LogP contribution in [-0.4, -0.2) is 15.0 Å². The number of hydrogen-bond donors (Lipinski definition) is 1. The third kappa shape index (κ3) is 2.52. The Bertz CT molecular complexity index is 485. The van der Waals surface area contributed by atoms with Crippen LogP contribution in [0.25, 0.3) is 0 Å². The Labute approximate surface area is 86.2 Å². The van der Waals surface area contributed by atoms with E-state index < -0.39 is 26.6 Å². The molecule has 6 heteroatoms. The van der Waals surface area contributed by atoms with Crippen LogP contribution in [0.1, 0.15) is 0 Å². The number of terminal acetylenes is 1. The highest BCUT2D eigenvalue weighted by Crippen LogP contribution is 2.17. The van der Waals surface area contributed by atoms with E-state index in [2.05, 4.69) is 0 Å². The van der Waals surface area contributed by atoms with Crippen molar-refractivity contribution in [3.05, 3.63) is 29.8 Å². The third-order valence-electron chi connectivity index (χ3n) is 1.55. The lowest BCUT2D eigenvalue weighted by Gasteiger charge is -2.05. The zero-order valence-electron chi connectivity index (χ0n) is 7.50. The van der Waals surface area contributed by atoms with Gasteiger partial charge in [-0.05, 0) is 12.1 Å². The molecule has 0 radical (unpaired) electrons. The fourth-order valence-electron chi connectivity index (χ4n) is 0.948. The van der Waals surface area contributed by atoms with E-state index in [1.807, 2.05) is 10.6 Å². The molecule has 0 atom stereocenters. The van der Waals surface area contributed by atoms with Gasteiger partial charge in [-0.2, -0.15) is 4.72 Å². The number of benzene rings is 1. The van der Waals surface area contributed by atoms with Crippen LogP contribution in [0, 0.1) is 24.0 Å². The van der Waals surface area contributed by atoms with E-state index in [9.17, 15) is 17.2 Å². The van der Waals surface area contributed by atoms with Gasteiger partial charge in [0.15, 0.2) is 4.90 Å². The molecular formula is C9H7F2NO2S. The molecule has 80 valence electrons. The summed E-state index contributed by atoms with van der Waals surface area (Å²) in [5.41, 5.74) is 0. The second kappa shape index (κ2) is 4.38. The number of halogens is 2. The Hall–Kier alpha value is -1.45. The minimum atomic E-state index is -4.23. The molecule has 1 N–H and O–H groups in total. The van der Waals surface area contributed by atoms with E-state index in [1.165, 1.54) is 0 Å². The number of nitrogens with one attached hydrogen (secondary N) is 1. The molecule has 0 amide bonds. The molecule has 1 rings (SSSR count). The quantitative estimate of drug-likeness (QED) is 0.785. The molecule has 15 heavy (non-hydrogen) atoms. The SMILES string of the molecule is C#CCNS(=O)(=O)c1c(F)cccc1F. The molecule has 3 nitrogen and oxygen atoms in total. The fourth-order valence-corrected chi connectivity index (χ4v) is 2.02. The highest BCUT2D eigenvalue weighted by Gasteiger charge is 2.22. The summed E-state index contributed by atoms with van der Waals surface area (Å²) in [6.45, 7) is -0.323. The van der Waals surface area contributed by atoms with Crippen LogP contribution in [0.4, 0.5) is 8.78 Å². The molecule has 0 aliphatic rings. The number of sulfonamides is 1. The van der Waals surface area contributed by atoms with E-state index in [-0.39, 0.29) is 6.54 Å². The predicted octanol–water partition coefficient (Wildman–Crippen LogP) is 0.876. The predicted molar refractivity (Wildman–Crippen MR) is 50.4 cm³/mol. The van der Waals surface area contributed by atoms with Crippen LogP contribution in [0.3, 0.4) is 0 Å². The second-order valence-electron chi connectivity index (χ2n) is 2.58. The molecule has 0 saturated carbocycles. The Balaban J connectivity index is 3.22. The first-order valence-corrected chi connectivity index (χ1v) is 5.34. The average Bonchev–Trinajstić information content (AvgIpc) is 2.14. The molecule has 1 aromatic rings. The van der Waals surface area contributed by atoms with Crippen molar-refractivity contribution in [2.45, 2.75) is 4.90 Å². The number of hydrogen-bond acceptors (Lipinski definition) is 2. The van der Waals surface area contributed by atoms with Gasteiger partial charge in [-0.15, -0.1) is 6.42 Å². The molecule has 0 saturated heterocycles. The molecule has 0 fully saturated rings. The lowest BCUT2D eigenvalue weighted by atomic mass is 10.3. The second-order valence-corrected chi connectivity index (χ2v) is 4.28. The maximum absolute atomic E-state index is 13.1. The van der Waals surface area contributed by atoms with Gasteiger partial charge in [0.05, 0.1) is 6.54 Å². The first-order valence-electron chi connectivity index (χ1n) is 3.86. The van der Waals surface area contributed by atoms with Crippen molar-refractivity contribution in [2.75, 3.05) is 6.54 Å². The van der Waals surface area contributed by atoms with Gasteiger partial charge in [0, 0.05) is 0 Å². The van der Waals surface area contributed by atoms with Crippen molar-refractivity contribution in [2.24, 2.45) is 0 Å². The molecule has 0 aliphatic heterocycles. The van der Waals surface area contributed by atoms with Crippen molar-refractivity contribution in [1.29, 1.82) is 0 Å². The first kappa shape index (κ1) is 11.6. The smallest absolute Gasteiger partial charge is 0.207 e. The van der Waals surface area contributed by atoms with E-state index in [4.69, 9.17) is 6.42 Å². The van der Waals surface area contributed by atoms with Crippen LogP contribution in [0.15, 0.2) is 23.1 Å². The van der Waals surface area contributed by atoms with Crippen LogP contribution in [-0.2, 0) is 10.0 Å². The fraction of sp³-hybridized carbons (Fsp3) is 0.111. The Morgan fingerprint density at radius 1 is 1.33 bits per heavy atom. The van der Waals surface area contributed by atoms with Crippen LogP contribution < -0.4 is 4.72 Å². The van der Waals surface area contributed by atoms with Gasteiger partial charge in [0.1, 0.15) is 11.6 Å². The molecule has 0 aromatic heterocycles. The molecular weight excluding hydrogens is 224 g/mol. The maximum Gasteiger partial charge on any atom is 0.247 e. The molecule has 0 aliphatic carbocycles. The summed E-state index contributed by atoms with van der Waals surface area (Å²) < 4.78 is 50.7. The highest BCUT2D eigenvalue weighted by atomic mass is 32.2. The molecule has 0 heterocycles. The van der Waals surface area contributed by atoms with Gasteiger partial charge >= 0.3 is 0 Å². The van der Waals surface area contributed by atoms with Crippen molar-refractivity contribution in [1.82, 2.24) is 4.72 Å². The molecule has 0 unspecified atom stereocenters. The normalized spacial score (nSPS) is 11.0. The summed E-state index contributed by atoms with van der Waals surface area (Å²) >= 11 is 0. The minimum absolute atomic E-state index is 0.323. The van der Waals surface area contributed by atoms with Crippen LogP contribution in [0.5, 0.6) is 0 Å². The zero-order valence-corrected chi connectivity index (χ0v) is 8.31. The summed E-state index contributed by atoms with van der Waals surface area (Å²) in [4.78, 5) is -1.01. The van der Waals surface area contributed by atoms with Crippen molar-refractivity contribution < 1.29 is 17.2 Å². The topological polar surface area (TPSA) is 46.2 Å². The van der Waals surface area contributed by atoms with Crippen LogP contribution in [0.2, 0.25) is 0 Å². The monoisotopic (exact) mass is 231 g/mol. The van der Waals surface area contributed by atoms with Gasteiger partial charge in [-0.25, -0.2) is 17.2 Å². The lowest BCUT2D eigenvalue weighted by molar-refractivity contribution is 0.515. The summed E-state index contributed by atoms with van der Waals surface area (Å²) in [6.07, 6.45) is 4.83. The highest BCUT2D eigenvalue weighted by molar-refractivity contribution is 7.89. The Morgan fingerprint density at radius 2 is 1.87 bits per heavy atom. The van der Waals surface area contributed by atoms with Gasteiger partial charge < -0.3 is 0 Å². The first-order chi connectivity index (χ1) is 6.99. The minimum Gasteiger partial charge on any atom is -0.207 e. The van der Waals surface area contributed by atoms with E-state index in [1.54, 1.807) is 0 Å².